The molecule has 1 saturated heterocycles. The summed E-state index contributed by atoms with van der Waals surface area (Å²) in [7, 11) is 0. The second-order valence-corrected chi connectivity index (χ2v) is 6.49. The van der Waals surface area contributed by atoms with E-state index in [0.717, 1.165) is 51.0 Å². The summed E-state index contributed by atoms with van der Waals surface area (Å²) in [6.07, 6.45) is 9.34. The van der Waals surface area contributed by atoms with Crippen molar-refractivity contribution in [3.05, 3.63) is 18.2 Å². The molecule has 2 heterocycles. The lowest BCUT2D eigenvalue weighted by atomic mass is 9.94. The van der Waals surface area contributed by atoms with E-state index in [1.54, 1.807) is 0 Å². The SMILES string of the molecule is Cc1nccn1CC1CCCN1C(=O)[C@@H]1CCC[C@@H]1CN.Cl.Cl. The van der Waals surface area contributed by atoms with Gasteiger partial charge in [-0.3, -0.25) is 4.79 Å². The minimum Gasteiger partial charge on any atom is -0.338 e. The van der Waals surface area contributed by atoms with Gasteiger partial charge in [0.05, 0.1) is 0 Å². The lowest BCUT2D eigenvalue weighted by Gasteiger charge is -2.30. The molecule has 3 atom stereocenters. The van der Waals surface area contributed by atoms with Crippen LogP contribution in [0.5, 0.6) is 0 Å². The number of imidazole rings is 1. The first-order valence-corrected chi connectivity index (χ1v) is 8.19. The van der Waals surface area contributed by atoms with Crippen molar-refractivity contribution in [1.29, 1.82) is 0 Å². The monoisotopic (exact) mass is 362 g/mol. The van der Waals surface area contributed by atoms with Gasteiger partial charge in [0.15, 0.2) is 0 Å². The van der Waals surface area contributed by atoms with Crippen LogP contribution in [0.25, 0.3) is 0 Å². The molecule has 1 aliphatic carbocycles. The van der Waals surface area contributed by atoms with Crippen LogP contribution in [0.4, 0.5) is 0 Å². The topological polar surface area (TPSA) is 64.2 Å². The highest BCUT2D eigenvalue weighted by atomic mass is 35.5. The molecule has 1 aromatic heterocycles. The lowest BCUT2D eigenvalue weighted by Crippen LogP contribution is -2.43. The molecule has 0 radical (unpaired) electrons. The van der Waals surface area contributed by atoms with Crippen LogP contribution in [0, 0.1) is 18.8 Å². The highest BCUT2D eigenvalue weighted by molar-refractivity contribution is 5.85. The molecule has 5 nitrogen and oxygen atoms in total. The maximum atomic E-state index is 12.9. The van der Waals surface area contributed by atoms with Gasteiger partial charge in [-0.05, 0) is 45.1 Å². The van der Waals surface area contributed by atoms with E-state index in [4.69, 9.17) is 5.73 Å². The molecule has 0 spiro atoms. The van der Waals surface area contributed by atoms with Crippen LogP contribution in [0.2, 0.25) is 0 Å². The molecule has 23 heavy (non-hydrogen) atoms. The summed E-state index contributed by atoms with van der Waals surface area (Å²) in [5.74, 6) is 1.94. The highest BCUT2D eigenvalue weighted by Gasteiger charge is 2.38. The Balaban J connectivity index is 0.00000132. The smallest absolute Gasteiger partial charge is 0.226 e. The van der Waals surface area contributed by atoms with Gasteiger partial charge in [-0.2, -0.15) is 0 Å². The van der Waals surface area contributed by atoms with Crippen LogP contribution < -0.4 is 5.73 Å². The van der Waals surface area contributed by atoms with Crippen LogP contribution in [0.3, 0.4) is 0 Å². The van der Waals surface area contributed by atoms with E-state index in [2.05, 4.69) is 14.5 Å². The van der Waals surface area contributed by atoms with E-state index in [-0.39, 0.29) is 30.7 Å². The molecule has 1 unspecified atom stereocenters. The van der Waals surface area contributed by atoms with Gasteiger partial charge in [-0.1, -0.05) is 6.42 Å². The Labute approximate surface area is 150 Å². The van der Waals surface area contributed by atoms with E-state index >= 15 is 0 Å². The zero-order valence-electron chi connectivity index (χ0n) is 13.7. The fraction of sp³-hybridized carbons (Fsp3) is 0.750. The fourth-order valence-corrected chi connectivity index (χ4v) is 4.00. The van der Waals surface area contributed by atoms with E-state index in [1.807, 2.05) is 19.3 Å². The molecule has 1 saturated carbocycles. The summed E-state index contributed by atoms with van der Waals surface area (Å²) in [6, 6.07) is 0.324. The van der Waals surface area contributed by atoms with Crippen molar-refractivity contribution in [3.63, 3.8) is 0 Å². The molecule has 1 aliphatic heterocycles. The Bertz CT molecular complexity index is 508. The predicted octanol–water partition coefficient (Wildman–Crippen LogP) is 2.40. The molecule has 132 valence electrons. The molecular weight excluding hydrogens is 335 g/mol. The maximum Gasteiger partial charge on any atom is 0.226 e. The Kier molecular flexibility index (Phi) is 7.84. The van der Waals surface area contributed by atoms with Crippen molar-refractivity contribution in [3.8, 4) is 0 Å². The van der Waals surface area contributed by atoms with Gasteiger partial charge >= 0.3 is 0 Å². The van der Waals surface area contributed by atoms with Gasteiger partial charge in [0, 0.05) is 37.4 Å². The zero-order chi connectivity index (χ0) is 14.8. The van der Waals surface area contributed by atoms with Crippen molar-refractivity contribution in [2.45, 2.75) is 51.6 Å². The molecular formula is C16H28Cl2N4O. The highest BCUT2D eigenvalue weighted by Crippen LogP contribution is 2.34. The van der Waals surface area contributed by atoms with Crippen molar-refractivity contribution < 1.29 is 4.79 Å². The van der Waals surface area contributed by atoms with Crippen LogP contribution in [-0.2, 0) is 11.3 Å². The number of carbonyl (C=O) groups is 1. The lowest BCUT2D eigenvalue weighted by molar-refractivity contribution is -0.137. The van der Waals surface area contributed by atoms with E-state index in [1.165, 1.54) is 0 Å². The van der Waals surface area contributed by atoms with Gasteiger partial charge < -0.3 is 15.2 Å². The van der Waals surface area contributed by atoms with Crippen molar-refractivity contribution in [2.24, 2.45) is 17.6 Å². The second kappa shape index (κ2) is 8.90. The number of aryl methyl sites for hydroxylation is 1. The Morgan fingerprint density at radius 2 is 2.09 bits per heavy atom. The van der Waals surface area contributed by atoms with Crippen molar-refractivity contribution in [1.82, 2.24) is 14.5 Å². The quantitative estimate of drug-likeness (QED) is 0.894. The number of nitrogens with two attached hydrogens (primary N) is 1. The average Bonchev–Trinajstić information content (AvgIpc) is 3.20. The van der Waals surface area contributed by atoms with Gasteiger partial charge in [0.2, 0.25) is 5.91 Å². The molecule has 1 aromatic rings. The molecule has 2 aliphatic rings. The number of nitrogens with zero attached hydrogens (tertiary/aromatic N) is 3. The Morgan fingerprint density at radius 1 is 1.30 bits per heavy atom. The van der Waals surface area contributed by atoms with E-state index in [9.17, 15) is 4.79 Å². The van der Waals surface area contributed by atoms with Crippen molar-refractivity contribution >= 4 is 30.7 Å². The van der Waals surface area contributed by atoms with Crippen LogP contribution in [0.15, 0.2) is 12.4 Å². The third kappa shape index (κ3) is 4.20. The van der Waals surface area contributed by atoms with Crippen LogP contribution >= 0.6 is 24.8 Å². The van der Waals surface area contributed by atoms with Crippen LogP contribution in [-0.4, -0.2) is 39.5 Å². The summed E-state index contributed by atoms with van der Waals surface area (Å²) in [5.41, 5.74) is 5.84. The first-order valence-electron chi connectivity index (χ1n) is 8.19. The number of hydrogen-bond donors (Lipinski definition) is 1. The van der Waals surface area contributed by atoms with Gasteiger partial charge in [-0.25, -0.2) is 4.98 Å². The van der Waals surface area contributed by atoms with Crippen LogP contribution in [0.1, 0.15) is 37.9 Å². The normalized spacial score (nSPS) is 26.7. The third-order valence-electron chi connectivity index (χ3n) is 5.27. The predicted molar refractivity (Wildman–Crippen MR) is 96.1 cm³/mol. The number of carbonyl (C=O) groups excluding carboxylic acids is 1. The summed E-state index contributed by atoms with van der Waals surface area (Å²) < 4.78 is 2.16. The minimum atomic E-state index is 0. The fourth-order valence-electron chi connectivity index (χ4n) is 4.00. The minimum absolute atomic E-state index is 0. The number of hydrogen-bond acceptors (Lipinski definition) is 3. The molecule has 1 amide bonds. The van der Waals surface area contributed by atoms with Crippen molar-refractivity contribution in [2.75, 3.05) is 13.1 Å². The molecule has 7 heteroatoms. The number of amides is 1. The first kappa shape index (κ1) is 20.3. The zero-order valence-corrected chi connectivity index (χ0v) is 15.3. The number of halogens is 2. The third-order valence-corrected chi connectivity index (χ3v) is 5.27. The van der Waals surface area contributed by atoms with E-state index in [0.29, 0.717) is 24.4 Å². The largest absolute Gasteiger partial charge is 0.338 e. The Morgan fingerprint density at radius 3 is 2.74 bits per heavy atom. The summed E-state index contributed by atoms with van der Waals surface area (Å²) >= 11 is 0. The first-order chi connectivity index (χ1) is 10.2. The molecule has 3 rings (SSSR count). The molecule has 0 aromatic carbocycles. The second-order valence-electron chi connectivity index (χ2n) is 6.49. The average molecular weight is 363 g/mol. The number of rotatable bonds is 4. The number of aromatic nitrogens is 2. The number of likely N-dealkylation sites (tertiary alicyclic amines) is 1. The van der Waals surface area contributed by atoms with Gasteiger partial charge in [0.25, 0.3) is 0 Å². The summed E-state index contributed by atoms with van der Waals surface area (Å²) in [5, 5.41) is 0. The van der Waals surface area contributed by atoms with E-state index < -0.39 is 0 Å². The molecule has 2 fully saturated rings. The summed E-state index contributed by atoms with van der Waals surface area (Å²) in [6.45, 7) is 4.45. The van der Waals surface area contributed by atoms with Gasteiger partial charge in [0.1, 0.15) is 5.82 Å². The van der Waals surface area contributed by atoms with Gasteiger partial charge in [-0.15, -0.1) is 24.8 Å². The molecule has 2 N–H and O–H groups in total. The maximum absolute atomic E-state index is 12.9. The summed E-state index contributed by atoms with van der Waals surface area (Å²) in [4.78, 5) is 19.3. The standard InChI is InChI=1S/C16H26N4O.2ClH/c1-12-18-7-9-19(12)11-14-5-3-8-20(14)16(21)15-6-2-4-13(15)10-17;;/h7,9,13-15H,2-6,8,10-11,17H2,1H3;2*1H/t13-,14?,15-;;/m1../s1. The molecule has 0 bridgehead atoms. The Hall–Kier alpha value is -0.780.